The Hall–Kier alpha value is -1.50. The molecule has 0 aliphatic carbocycles. The van der Waals surface area contributed by atoms with Gasteiger partial charge in [0, 0.05) is 10.9 Å². The Balaban J connectivity index is 2.47. The zero-order valence-corrected chi connectivity index (χ0v) is 12.3. The number of esters is 1. The lowest BCUT2D eigenvalue weighted by Crippen LogP contribution is -2.14. The Morgan fingerprint density at radius 2 is 1.95 bits per heavy atom. The average Bonchev–Trinajstić information content (AvgIpc) is 2.39. The maximum atomic E-state index is 13.3. The summed E-state index contributed by atoms with van der Waals surface area (Å²) in [5, 5.41) is 0. The molecule has 0 aromatic heterocycles. The molecular formula is C13H13BrF2O4. The SMILES string of the molecule is CCOC(=O)CCC(=O)COc1cc(Br)cc(F)c1F. The first-order valence-corrected chi connectivity index (χ1v) is 6.68. The first kappa shape index (κ1) is 16.6. The van der Waals surface area contributed by atoms with Crippen LogP contribution < -0.4 is 4.74 Å². The quantitative estimate of drug-likeness (QED) is 0.560. The van der Waals surface area contributed by atoms with E-state index in [0.717, 1.165) is 6.07 Å². The van der Waals surface area contributed by atoms with E-state index in [0.29, 0.717) is 4.47 Å². The summed E-state index contributed by atoms with van der Waals surface area (Å²) in [5.74, 6) is -3.49. The molecule has 0 bridgehead atoms. The Morgan fingerprint density at radius 1 is 1.25 bits per heavy atom. The van der Waals surface area contributed by atoms with E-state index in [2.05, 4.69) is 20.7 Å². The third-order valence-electron chi connectivity index (χ3n) is 2.26. The van der Waals surface area contributed by atoms with E-state index < -0.39 is 30.0 Å². The summed E-state index contributed by atoms with van der Waals surface area (Å²) < 4.78 is 36.3. The topological polar surface area (TPSA) is 52.6 Å². The predicted molar refractivity (Wildman–Crippen MR) is 70.4 cm³/mol. The van der Waals surface area contributed by atoms with Gasteiger partial charge in [-0.15, -0.1) is 0 Å². The summed E-state index contributed by atoms with van der Waals surface area (Å²) in [7, 11) is 0. The molecule has 1 aromatic rings. The van der Waals surface area contributed by atoms with E-state index in [1.165, 1.54) is 6.07 Å². The molecule has 0 heterocycles. The minimum absolute atomic E-state index is 0.0641. The van der Waals surface area contributed by atoms with Crippen molar-refractivity contribution >= 4 is 27.7 Å². The van der Waals surface area contributed by atoms with Gasteiger partial charge in [0.1, 0.15) is 6.61 Å². The standard InChI is InChI=1S/C13H13BrF2O4/c1-2-19-12(18)4-3-9(17)7-20-11-6-8(14)5-10(15)13(11)16/h5-6H,2-4,7H2,1H3. The van der Waals surface area contributed by atoms with Gasteiger partial charge in [-0.1, -0.05) is 15.9 Å². The highest BCUT2D eigenvalue weighted by Gasteiger charge is 2.13. The first-order valence-electron chi connectivity index (χ1n) is 5.88. The molecule has 0 fully saturated rings. The molecule has 0 aliphatic rings. The van der Waals surface area contributed by atoms with Crippen molar-refractivity contribution in [2.75, 3.05) is 13.2 Å². The van der Waals surface area contributed by atoms with Gasteiger partial charge in [0.05, 0.1) is 13.0 Å². The van der Waals surface area contributed by atoms with Crippen molar-refractivity contribution in [2.45, 2.75) is 19.8 Å². The zero-order valence-electron chi connectivity index (χ0n) is 10.8. The molecule has 0 aliphatic heterocycles. The minimum Gasteiger partial charge on any atom is -0.483 e. The van der Waals surface area contributed by atoms with Crippen molar-refractivity contribution in [2.24, 2.45) is 0 Å². The zero-order chi connectivity index (χ0) is 15.1. The monoisotopic (exact) mass is 350 g/mol. The molecular weight excluding hydrogens is 338 g/mol. The van der Waals surface area contributed by atoms with E-state index in [-0.39, 0.29) is 25.2 Å². The smallest absolute Gasteiger partial charge is 0.306 e. The van der Waals surface area contributed by atoms with Crippen LogP contribution in [0.4, 0.5) is 8.78 Å². The van der Waals surface area contributed by atoms with Gasteiger partial charge in [-0.05, 0) is 19.1 Å². The Morgan fingerprint density at radius 3 is 2.60 bits per heavy atom. The third-order valence-corrected chi connectivity index (χ3v) is 2.72. The molecule has 0 spiro atoms. The van der Waals surface area contributed by atoms with Crippen LogP contribution in [0.1, 0.15) is 19.8 Å². The van der Waals surface area contributed by atoms with E-state index in [1.807, 2.05) is 0 Å². The van der Waals surface area contributed by atoms with Gasteiger partial charge in [-0.25, -0.2) is 4.39 Å². The molecule has 0 saturated heterocycles. The van der Waals surface area contributed by atoms with Crippen molar-refractivity contribution in [3.8, 4) is 5.75 Å². The molecule has 20 heavy (non-hydrogen) atoms. The molecule has 1 rings (SSSR count). The second kappa shape index (κ2) is 7.94. The van der Waals surface area contributed by atoms with Gasteiger partial charge >= 0.3 is 5.97 Å². The van der Waals surface area contributed by atoms with E-state index in [4.69, 9.17) is 4.74 Å². The molecule has 110 valence electrons. The Bertz CT molecular complexity index is 505. The van der Waals surface area contributed by atoms with Gasteiger partial charge in [0.2, 0.25) is 5.82 Å². The molecule has 0 saturated carbocycles. The van der Waals surface area contributed by atoms with Crippen molar-refractivity contribution in [3.05, 3.63) is 28.2 Å². The highest BCUT2D eigenvalue weighted by atomic mass is 79.9. The van der Waals surface area contributed by atoms with Gasteiger partial charge in [0.15, 0.2) is 17.3 Å². The number of carbonyl (C=O) groups excluding carboxylic acids is 2. The van der Waals surface area contributed by atoms with E-state index in [9.17, 15) is 18.4 Å². The normalized spacial score (nSPS) is 10.2. The number of ether oxygens (including phenoxy) is 2. The number of carbonyl (C=O) groups is 2. The number of rotatable bonds is 7. The van der Waals surface area contributed by atoms with Crippen molar-refractivity contribution in [1.29, 1.82) is 0 Å². The largest absolute Gasteiger partial charge is 0.483 e. The van der Waals surface area contributed by atoms with Crippen LogP contribution in [0.5, 0.6) is 5.75 Å². The fourth-order valence-electron chi connectivity index (χ4n) is 1.34. The number of hydrogen-bond donors (Lipinski definition) is 0. The fourth-order valence-corrected chi connectivity index (χ4v) is 1.75. The van der Waals surface area contributed by atoms with Crippen LogP contribution in [0.15, 0.2) is 16.6 Å². The lowest BCUT2D eigenvalue weighted by atomic mass is 10.2. The van der Waals surface area contributed by atoms with Gasteiger partial charge in [-0.3, -0.25) is 9.59 Å². The van der Waals surface area contributed by atoms with Gasteiger partial charge < -0.3 is 9.47 Å². The van der Waals surface area contributed by atoms with Crippen molar-refractivity contribution in [3.63, 3.8) is 0 Å². The second-order valence-corrected chi connectivity index (χ2v) is 4.75. The summed E-state index contributed by atoms with van der Waals surface area (Å²) in [6.45, 7) is 1.46. The molecule has 7 heteroatoms. The van der Waals surface area contributed by atoms with E-state index in [1.54, 1.807) is 6.92 Å². The van der Waals surface area contributed by atoms with Crippen LogP contribution in [-0.2, 0) is 14.3 Å². The number of Topliss-reactive ketones (excluding diaryl/α,β-unsaturated/α-hetero) is 1. The van der Waals surface area contributed by atoms with Gasteiger partial charge in [0.25, 0.3) is 0 Å². The molecule has 0 radical (unpaired) electrons. The van der Waals surface area contributed by atoms with E-state index >= 15 is 0 Å². The number of ketones is 1. The molecule has 4 nitrogen and oxygen atoms in total. The third kappa shape index (κ3) is 5.24. The Labute approximate surface area is 123 Å². The van der Waals surface area contributed by atoms with Crippen LogP contribution in [0.3, 0.4) is 0 Å². The summed E-state index contributed by atoms with van der Waals surface area (Å²) in [6.07, 6.45) is -0.137. The summed E-state index contributed by atoms with van der Waals surface area (Å²) >= 11 is 2.99. The fraction of sp³-hybridized carbons (Fsp3) is 0.385. The lowest BCUT2D eigenvalue weighted by Gasteiger charge is -2.07. The molecule has 0 amide bonds. The summed E-state index contributed by atoms with van der Waals surface area (Å²) in [6, 6.07) is 2.17. The summed E-state index contributed by atoms with van der Waals surface area (Å²) in [4.78, 5) is 22.5. The molecule has 0 unspecified atom stereocenters. The predicted octanol–water partition coefficient (Wildman–Crippen LogP) is 3.02. The molecule has 0 atom stereocenters. The maximum Gasteiger partial charge on any atom is 0.306 e. The van der Waals surface area contributed by atoms with Gasteiger partial charge in [-0.2, -0.15) is 4.39 Å². The lowest BCUT2D eigenvalue weighted by molar-refractivity contribution is -0.144. The minimum atomic E-state index is -1.16. The average molecular weight is 351 g/mol. The van der Waals surface area contributed by atoms with Crippen molar-refractivity contribution in [1.82, 2.24) is 0 Å². The Kier molecular flexibility index (Phi) is 6.57. The van der Waals surface area contributed by atoms with Crippen LogP contribution in [-0.4, -0.2) is 25.0 Å². The highest BCUT2D eigenvalue weighted by Crippen LogP contribution is 2.25. The number of hydrogen-bond acceptors (Lipinski definition) is 4. The molecule has 1 aromatic carbocycles. The highest BCUT2D eigenvalue weighted by molar-refractivity contribution is 9.10. The molecule has 0 N–H and O–H groups in total. The first-order chi connectivity index (χ1) is 9.43. The number of halogens is 3. The second-order valence-electron chi connectivity index (χ2n) is 3.83. The maximum absolute atomic E-state index is 13.3. The van der Waals surface area contributed by atoms with Crippen LogP contribution >= 0.6 is 15.9 Å². The van der Waals surface area contributed by atoms with Crippen LogP contribution in [0, 0.1) is 11.6 Å². The van der Waals surface area contributed by atoms with Crippen molar-refractivity contribution < 1.29 is 27.8 Å². The summed E-state index contributed by atoms with van der Waals surface area (Å²) in [5.41, 5.74) is 0. The number of benzene rings is 1. The van der Waals surface area contributed by atoms with Crippen LogP contribution in [0.25, 0.3) is 0 Å². The van der Waals surface area contributed by atoms with Crippen LogP contribution in [0.2, 0.25) is 0 Å².